The number of amides is 1. The molecule has 0 aliphatic carbocycles. The molecule has 0 saturated heterocycles. The van der Waals surface area contributed by atoms with Crippen LogP contribution in [0.15, 0.2) is 0 Å². The molecule has 0 fully saturated rings. The van der Waals surface area contributed by atoms with Gasteiger partial charge in [0.05, 0.1) is 12.6 Å². The van der Waals surface area contributed by atoms with Crippen molar-refractivity contribution in [2.24, 2.45) is 5.92 Å². The zero-order chi connectivity index (χ0) is 15.9. The minimum Gasteiger partial charge on any atom is -0.452 e. The zero-order valence-corrected chi connectivity index (χ0v) is 12.8. The Kier molecular flexibility index (Phi) is 7.02. The molecule has 7 nitrogen and oxygen atoms in total. The molecule has 7 heteroatoms. The van der Waals surface area contributed by atoms with Gasteiger partial charge in [0.1, 0.15) is 6.61 Å². The molecule has 1 amide bonds. The maximum absolute atomic E-state index is 12.1. The molecule has 1 N–H and O–H groups in total. The summed E-state index contributed by atoms with van der Waals surface area (Å²) in [5, 5.41) is 2.67. The standard InChI is InChI=1S/C13H23NO6/c1-8(2)10(20-9(3)15)11(16)14-13(4,5)7-19-12(17)18-6/h8,10H,7H2,1-6H3,(H,14,16). The summed E-state index contributed by atoms with van der Waals surface area (Å²) in [4.78, 5) is 34.0. The van der Waals surface area contributed by atoms with Crippen molar-refractivity contribution >= 4 is 18.0 Å². The van der Waals surface area contributed by atoms with E-state index in [4.69, 9.17) is 9.47 Å². The smallest absolute Gasteiger partial charge is 0.452 e. The third-order valence-corrected chi connectivity index (χ3v) is 2.34. The number of esters is 1. The number of hydrogen-bond acceptors (Lipinski definition) is 6. The van der Waals surface area contributed by atoms with Crippen molar-refractivity contribution in [1.82, 2.24) is 5.32 Å². The van der Waals surface area contributed by atoms with Crippen LogP contribution in [-0.2, 0) is 23.8 Å². The van der Waals surface area contributed by atoms with Crippen LogP contribution in [0.25, 0.3) is 0 Å². The zero-order valence-electron chi connectivity index (χ0n) is 12.8. The second kappa shape index (κ2) is 7.72. The molecule has 0 saturated carbocycles. The molecule has 1 atom stereocenters. The minimum atomic E-state index is -0.884. The summed E-state index contributed by atoms with van der Waals surface area (Å²) in [5.41, 5.74) is -0.807. The Hall–Kier alpha value is -1.79. The number of nitrogens with one attached hydrogen (secondary N) is 1. The Morgan fingerprint density at radius 1 is 1.20 bits per heavy atom. The highest BCUT2D eigenvalue weighted by Gasteiger charge is 2.31. The van der Waals surface area contributed by atoms with E-state index in [9.17, 15) is 14.4 Å². The molecule has 0 aromatic carbocycles. The van der Waals surface area contributed by atoms with Crippen molar-refractivity contribution in [2.45, 2.75) is 46.3 Å². The third-order valence-electron chi connectivity index (χ3n) is 2.34. The van der Waals surface area contributed by atoms with E-state index in [0.29, 0.717) is 0 Å². The molecule has 0 aromatic heterocycles. The lowest BCUT2D eigenvalue weighted by molar-refractivity contribution is -0.157. The predicted molar refractivity (Wildman–Crippen MR) is 71.0 cm³/mol. The van der Waals surface area contributed by atoms with Gasteiger partial charge in [0.15, 0.2) is 6.10 Å². The molecule has 1 unspecified atom stereocenters. The molecule has 20 heavy (non-hydrogen) atoms. The van der Waals surface area contributed by atoms with Gasteiger partial charge in [0.25, 0.3) is 5.91 Å². The summed E-state index contributed by atoms with van der Waals surface area (Å²) in [6, 6.07) is 0. The van der Waals surface area contributed by atoms with Gasteiger partial charge in [-0.2, -0.15) is 0 Å². The lowest BCUT2D eigenvalue weighted by Gasteiger charge is -2.29. The quantitative estimate of drug-likeness (QED) is 0.740. The SMILES string of the molecule is COC(=O)OCC(C)(C)NC(=O)C(OC(C)=O)C(C)C. The fraction of sp³-hybridized carbons (Fsp3) is 0.769. The molecule has 0 rings (SSSR count). The predicted octanol–water partition coefficient (Wildman–Crippen LogP) is 1.25. The Bertz CT molecular complexity index is 364. The molecule has 0 spiro atoms. The fourth-order valence-corrected chi connectivity index (χ4v) is 1.41. The first-order valence-electron chi connectivity index (χ1n) is 6.29. The Morgan fingerprint density at radius 3 is 2.15 bits per heavy atom. The van der Waals surface area contributed by atoms with E-state index >= 15 is 0 Å². The van der Waals surface area contributed by atoms with Crippen LogP contribution >= 0.6 is 0 Å². The van der Waals surface area contributed by atoms with Crippen molar-refractivity contribution in [2.75, 3.05) is 13.7 Å². The van der Waals surface area contributed by atoms with Gasteiger partial charge < -0.3 is 19.5 Å². The minimum absolute atomic E-state index is 0.0592. The van der Waals surface area contributed by atoms with Gasteiger partial charge in [-0.15, -0.1) is 0 Å². The van der Waals surface area contributed by atoms with Gasteiger partial charge in [-0.05, 0) is 19.8 Å². The van der Waals surface area contributed by atoms with Crippen LogP contribution in [0.5, 0.6) is 0 Å². The number of ether oxygens (including phenoxy) is 3. The molecule has 0 bridgehead atoms. The van der Waals surface area contributed by atoms with Crippen LogP contribution in [0.4, 0.5) is 4.79 Å². The van der Waals surface area contributed by atoms with Gasteiger partial charge in [-0.1, -0.05) is 13.8 Å². The first kappa shape index (κ1) is 18.2. The van der Waals surface area contributed by atoms with Crippen molar-refractivity contribution < 1.29 is 28.6 Å². The monoisotopic (exact) mass is 289 g/mol. The molecule has 0 aliphatic heterocycles. The Balaban J connectivity index is 4.60. The molecular weight excluding hydrogens is 266 g/mol. The lowest BCUT2D eigenvalue weighted by atomic mass is 10.0. The van der Waals surface area contributed by atoms with E-state index < -0.39 is 29.7 Å². The van der Waals surface area contributed by atoms with Gasteiger partial charge in [-0.3, -0.25) is 9.59 Å². The van der Waals surface area contributed by atoms with E-state index in [-0.39, 0.29) is 12.5 Å². The largest absolute Gasteiger partial charge is 0.508 e. The first-order valence-corrected chi connectivity index (χ1v) is 6.29. The summed E-state index contributed by atoms with van der Waals surface area (Å²) in [5.74, 6) is -1.13. The van der Waals surface area contributed by atoms with Crippen LogP contribution in [0, 0.1) is 5.92 Å². The third kappa shape index (κ3) is 6.96. The molecule has 0 aromatic rings. The Morgan fingerprint density at radius 2 is 1.75 bits per heavy atom. The van der Waals surface area contributed by atoms with E-state index in [2.05, 4.69) is 10.1 Å². The van der Waals surface area contributed by atoms with Gasteiger partial charge >= 0.3 is 12.1 Å². The second-order valence-electron chi connectivity index (χ2n) is 5.39. The highest BCUT2D eigenvalue weighted by Crippen LogP contribution is 2.11. The maximum Gasteiger partial charge on any atom is 0.508 e. The number of methoxy groups -OCH3 is 1. The number of carbonyl (C=O) groups excluding carboxylic acids is 3. The second-order valence-corrected chi connectivity index (χ2v) is 5.39. The van der Waals surface area contributed by atoms with Gasteiger partial charge in [-0.25, -0.2) is 4.79 Å². The normalized spacial score (nSPS) is 12.6. The highest BCUT2D eigenvalue weighted by molar-refractivity contribution is 5.84. The summed E-state index contributed by atoms with van der Waals surface area (Å²) >= 11 is 0. The van der Waals surface area contributed by atoms with Crippen LogP contribution in [-0.4, -0.2) is 43.4 Å². The van der Waals surface area contributed by atoms with Crippen molar-refractivity contribution in [1.29, 1.82) is 0 Å². The van der Waals surface area contributed by atoms with E-state index in [1.165, 1.54) is 14.0 Å². The van der Waals surface area contributed by atoms with Crippen LogP contribution in [0.2, 0.25) is 0 Å². The fourth-order valence-electron chi connectivity index (χ4n) is 1.41. The summed E-state index contributed by atoms with van der Waals surface area (Å²) in [7, 11) is 1.20. The van der Waals surface area contributed by atoms with Crippen molar-refractivity contribution in [3.63, 3.8) is 0 Å². The van der Waals surface area contributed by atoms with Crippen molar-refractivity contribution in [3.05, 3.63) is 0 Å². The Labute approximate surface area is 118 Å². The van der Waals surface area contributed by atoms with Gasteiger partial charge in [0, 0.05) is 6.92 Å². The molecule has 116 valence electrons. The summed E-state index contributed by atoms with van der Waals surface area (Å²) in [6.45, 7) is 8.08. The number of carbonyl (C=O) groups is 3. The topological polar surface area (TPSA) is 90.9 Å². The summed E-state index contributed by atoms with van der Waals surface area (Å²) in [6.07, 6.45) is -1.71. The first-order chi connectivity index (χ1) is 9.09. The average Bonchev–Trinajstić information content (AvgIpc) is 2.31. The van der Waals surface area contributed by atoms with Gasteiger partial charge in [0.2, 0.25) is 0 Å². The number of rotatable bonds is 6. The van der Waals surface area contributed by atoms with Crippen molar-refractivity contribution in [3.8, 4) is 0 Å². The van der Waals surface area contributed by atoms with E-state index in [1.54, 1.807) is 27.7 Å². The van der Waals surface area contributed by atoms with E-state index in [1.807, 2.05) is 0 Å². The molecule has 0 aliphatic rings. The van der Waals surface area contributed by atoms with Crippen LogP contribution < -0.4 is 5.32 Å². The van der Waals surface area contributed by atoms with E-state index in [0.717, 1.165) is 0 Å². The summed E-state index contributed by atoms with van der Waals surface area (Å²) < 4.78 is 14.1. The highest BCUT2D eigenvalue weighted by atomic mass is 16.7. The lowest BCUT2D eigenvalue weighted by Crippen LogP contribution is -2.52. The maximum atomic E-state index is 12.1. The molecule has 0 heterocycles. The molecular formula is C13H23NO6. The average molecular weight is 289 g/mol. The van der Waals surface area contributed by atoms with Crippen LogP contribution in [0.3, 0.4) is 0 Å². The molecule has 0 radical (unpaired) electrons. The number of hydrogen-bond donors (Lipinski definition) is 1. The van der Waals surface area contributed by atoms with Crippen LogP contribution in [0.1, 0.15) is 34.6 Å².